The van der Waals surface area contributed by atoms with E-state index in [0.29, 0.717) is 0 Å². The van der Waals surface area contributed by atoms with Crippen molar-refractivity contribution in [1.82, 2.24) is 10.2 Å². The van der Waals surface area contributed by atoms with Gasteiger partial charge in [0.15, 0.2) is 0 Å². The first kappa shape index (κ1) is 15.2. The number of piperidine rings is 1. The number of alkyl halides is 3. The van der Waals surface area contributed by atoms with Crippen LogP contribution in [0.5, 0.6) is 0 Å². The molecule has 9 heteroatoms. The summed E-state index contributed by atoms with van der Waals surface area (Å²) in [6, 6.07) is 5.23. The predicted octanol–water partition coefficient (Wildman–Crippen LogP) is 1.02. The smallest absolute Gasteiger partial charge is 0.294 e. The fourth-order valence-corrected chi connectivity index (χ4v) is 2.85. The SMILES string of the molecule is O=C1CCC(N2C(=O)c3ccccc3C2=O)(C(F)(F)F)C(=O)N1. The van der Waals surface area contributed by atoms with Crippen LogP contribution in [0.2, 0.25) is 0 Å². The topological polar surface area (TPSA) is 83.6 Å². The monoisotopic (exact) mass is 326 g/mol. The normalized spacial score (nSPS) is 24.7. The number of amides is 4. The van der Waals surface area contributed by atoms with Gasteiger partial charge < -0.3 is 0 Å². The molecular formula is C14H9F3N2O4. The van der Waals surface area contributed by atoms with Crippen molar-refractivity contribution in [3.8, 4) is 0 Å². The highest BCUT2D eigenvalue weighted by atomic mass is 19.4. The molecular weight excluding hydrogens is 317 g/mol. The first-order chi connectivity index (χ1) is 10.7. The van der Waals surface area contributed by atoms with Crippen molar-refractivity contribution in [1.29, 1.82) is 0 Å². The molecule has 23 heavy (non-hydrogen) atoms. The van der Waals surface area contributed by atoms with Crippen LogP contribution in [0.3, 0.4) is 0 Å². The van der Waals surface area contributed by atoms with Crippen molar-refractivity contribution < 1.29 is 32.3 Å². The Balaban J connectivity index is 2.17. The molecule has 1 atom stereocenters. The Morgan fingerprint density at radius 3 is 1.96 bits per heavy atom. The number of carbonyl (C=O) groups is 4. The second kappa shape index (κ2) is 4.64. The zero-order chi connectivity index (χ0) is 17.0. The summed E-state index contributed by atoms with van der Waals surface area (Å²) in [6.07, 6.45) is -6.84. The molecule has 6 nitrogen and oxygen atoms in total. The summed E-state index contributed by atoms with van der Waals surface area (Å²) in [5, 5.41) is 1.58. The summed E-state index contributed by atoms with van der Waals surface area (Å²) >= 11 is 0. The second-order valence-electron chi connectivity index (χ2n) is 5.23. The molecule has 1 unspecified atom stereocenters. The van der Waals surface area contributed by atoms with E-state index in [-0.39, 0.29) is 16.0 Å². The van der Waals surface area contributed by atoms with Gasteiger partial charge >= 0.3 is 6.18 Å². The highest BCUT2D eigenvalue weighted by Gasteiger charge is 2.69. The highest BCUT2D eigenvalue weighted by Crippen LogP contribution is 2.44. The Morgan fingerprint density at radius 2 is 1.52 bits per heavy atom. The van der Waals surface area contributed by atoms with Crippen LogP contribution >= 0.6 is 0 Å². The van der Waals surface area contributed by atoms with E-state index >= 15 is 0 Å². The lowest BCUT2D eigenvalue weighted by Gasteiger charge is -2.41. The number of halogens is 3. The van der Waals surface area contributed by atoms with Crippen molar-refractivity contribution in [2.45, 2.75) is 24.6 Å². The molecule has 0 bridgehead atoms. The lowest BCUT2D eigenvalue weighted by Crippen LogP contribution is -2.71. The van der Waals surface area contributed by atoms with Gasteiger partial charge in [-0.25, -0.2) is 4.90 Å². The number of benzene rings is 1. The van der Waals surface area contributed by atoms with E-state index in [1.54, 1.807) is 5.32 Å². The molecule has 0 aromatic heterocycles. The zero-order valence-electron chi connectivity index (χ0n) is 11.4. The maximum absolute atomic E-state index is 13.7. The quantitative estimate of drug-likeness (QED) is 0.781. The standard InChI is InChI=1S/C14H9F3N2O4/c15-14(16,17)13(6-5-9(20)18-12(13)23)19-10(21)7-3-1-2-4-8(7)11(19)22/h1-4H,5-6H2,(H,18,20,23). The number of carbonyl (C=O) groups excluding carboxylic acids is 4. The molecule has 4 amide bonds. The second-order valence-corrected chi connectivity index (χ2v) is 5.23. The van der Waals surface area contributed by atoms with Crippen LogP contribution in [-0.4, -0.2) is 40.2 Å². The van der Waals surface area contributed by atoms with E-state index in [1.165, 1.54) is 24.3 Å². The van der Waals surface area contributed by atoms with Crippen molar-refractivity contribution >= 4 is 23.6 Å². The largest absolute Gasteiger partial charge is 0.421 e. The molecule has 0 aliphatic carbocycles. The molecule has 2 aliphatic rings. The number of rotatable bonds is 1. The van der Waals surface area contributed by atoms with Gasteiger partial charge in [-0.15, -0.1) is 0 Å². The Morgan fingerprint density at radius 1 is 1.00 bits per heavy atom. The lowest BCUT2D eigenvalue weighted by molar-refractivity contribution is -0.219. The minimum absolute atomic E-state index is 0.0700. The Labute approximate surface area is 127 Å². The van der Waals surface area contributed by atoms with Crippen LogP contribution in [0.25, 0.3) is 0 Å². The Bertz CT molecular complexity index is 724. The van der Waals surface area contributed by atoms with Gasteiger partial charge in [0.2, 0.25) is 11.4 Å². The van der Waals surface area contributed by atoms with Crippen LogP contribution in [0.15, 0.2) is 24.3 Å². The molecule has 1 fully saturated rings. The minimum atomic E-state index is -5.22. The molecule has 0 radical (unpaired) electrons. The Hall–Kier alpha value is -2.71. The maximum atomic E-state index is 13.7. The van der Waals surface area contributed by atoms with Gasteiger partial charge in [-0.1, -0.05) is 12.1 Å². The fraction of sp³-hybridized carbons (Fsp3) is 0.286. The first-order valence-electron chi connectivity index (χ1n) is 6.59. The van der Waals surface area contributed by atoms with Gasteiger partial charge in [-0.2, -0.15) is 13.2 Å². The summed E-state index contributed by atoms with van der Waals surface area (Å²) in [7, 11) is 0. The number of nitrogens with zero attached hydrogens (tertiary/aromatic N) is 1. The van der Waals surface area contributed by atoms with Crippen LogP contribution in [0.1, 0.15) is 33.6 Å². The molecule has 1 aromatic rings. The predicted molar refractivity (Wildman–Crippen MR) is 68.1 cm³/mol. The van der Waals surface area contributed by atoms with Gasteiger partial charge in [-0.3, -0.25) is 24.5 Å². The number of hydrogen-bond donors (Lipinski definition) is 1. The van der Waals surface area contributed by atoms with E-state index in [0.717, 1.165) is 0 Å². The molecule has 2 heterocycles. The van der Waals surface area contributed by atoms with Crippen molar-refractivity contribution in [3.63, 3.8) is 0 Å². The number of hydrogen-bond acceptors (Lipinski definition) is 4. The van der Waals surface area contributed by atoms with Crippen LogP contribution in [-0.2, 0) is 9.59 Å². The average Bonchev–Trinajstić information content (AvgIpc) is 2.72. The molecule has 0 saturated carbocycles. The van der Waals surface area contributed by atoms with Gasteiger partial charge in [0, 0.05) is 6.42 Å². The van der Waals surface area contributed by atoms with E-state index in [9.17, 15) is 32.3 Å². The van der Waals surface area contributed by atoms with Gasteiger partial charge in [0.1, 0.15) is 0 Å². The van der Waals surface area contributed by atoms with Gasteiger partial charge in [0.05, 0.1) is 11.1 Å². The molecule has 3 rings (SSSR count). The van der Waals surface area contributed by atoms with E-state index < -0.39 is 48.2 Å². The number of nitrogens with one attached hydrogen (secondary N) is 1. The first-order valence-corrected chi connectivity index (χ1v) is 6.59. The summed E-state index contributed by atoms with van der Waals surface area (Å²) in [5.41, 5.74) is -3.79. The number of imide groups is 2. The zero-order valence-corrected chi connectivity index (χ0v) is 11.4. The van der Waals surface area contributed by atoms with Gasteiger partial charge in [0.25, 0.3) is 17.7 Å². The highest BCUT2D eigenvalue weighted by molar-refractivity contribution is 6.24. The molecule has 120 valence electrons. The minimum Gasteiger partial charge on any atom is -0.294 e. The fourth-order valence-electron chi connectivity index (χ4n) is 2.85. The lowest BCUT2D eigenvalue weighted by atomic mass is 9.86. The molecule has 1 N–H and O–H groups in total. The number of fused-ring (bicyclic) bond motifs is 1. The maximum Gasteiger partial charge on any atom is 0.421 e. The summed E-state index contributed by atoms with van der Waals surface area (Å²) in [5.74, 6) is -5.00. The summed E-state index contributed by atoms with van der Waals surface area (Å²) < 4.78 is 41.0. The Kier molecular flexibility index (Phi) is 3.07. The molecule has 1 saturated heterocycles. The van der Waals surface area contributed by atoms with Crippen molar-refractivity contribution in [2.75, 3.05) is 0 Å². The van der Waals surface area contributed by atoms with Crippen LogP contribution in [0.4, 0.5) is 13.2 Å². The molecule has 1 aromatic carbocycles. The van der Waals surface area contributed by atoms with Crippen molar-refractivity contribution in [3.05, 3.63) is 35.4 Å². The summed E-state index contributed by atoms with van der Waals surface area (Å²) in [4.78, 5) is 47.8. The average molecular weight is 326 g/mol. The van der Waals surface area contributed by atoms with Crippen LogP contribution in [0, 0.1) is 0 Å². The van der Waals surface area contributed by atoms with E-state index in [1.807, 2.05) is 0 Å². The summed E-state index contributed by atoms with van der Waals surface area (Å²) in [6.45, 7) is 0. The van der Waals surface area contributed by atoms with Crippen LogP contribution < -0.4 is 5.32 Å². The van der Waals surface area contributed by atoms with Crippen molar-refractivity contribution in [2.24, 2.45) is 0 Å². The van der Waals surface area contributed by atoms with E-state index in [4.69, 9.17) is 0 Å². The van der Waals surface area contributed by atoms with Gasteiger partial charge in [-0.05, 0) is 18.6 Å². The molecule has 0 spiro atoms. The molecule has 2 aliphatic heterocycles. The third kappa shape index (κ3) is 1.89. The third-order valence-corrected chi connectivity index (χ3v) is 3.99. The van der Waals surface area contributed by atoms with E-state index in [2.05, 4.69) is 0 Å². The third-order valence-electron chi connectivity index (χ3n) is 3.99.